The summed E-state index contributed by atoms with van der Waals surface area (Å²) in [5, 5.41) is 9.57. The smallest absolute Gasteiger partial charge is 0.113 e. The summed E-state index contributed by atoms with van der Waals surface area (Å²) in [4.78, 5) is 2.50. The van der Waals surface area contributed by atoms with Crippen LogP contribution in [0.4, 0.5) is 0 Å². The van der Waals surface area contributed by atoms with E-state index in [1.54, 1.807) is 0 Å². The van der Waals surface area contributed by atoms with E-state index in [0.29, 0.717) is 5.92 Å². The first-order valence-electron chi connectivity index (χ1n) is 6.90. The van der Waals surface area contributed by atoms with Gasteiger partial charge in [-0.25, -0.2) is 0 Å². The Morgan fingerprint density at radius 2 is 1.89 bits per heavy atom. The molecule has 0 bridgehead atoms. The molecule has 0 saturated carbocycles. The number of hydrogen-bond acceptors (Lipinski definition) is 2. The van der Waals surface area contributed by atoms with Gasteiger partial charge in [-0.2, -0.15) is 0 Å². The Morgan fingerprint density at radius 3 is 2.44 bits per heavy atom. The van der Waals surface area contributed by atoms with E-state index in [0.717, 1.165) is 44.4 Å². The van der Waals surface area contributed by atoms with Gasteiger partial charge in [-0.15, -0.1) is 0 Å². The van der Waals surface area contributed by atoms with Crippen molar-refractivity contribution >= 4 is 13.3 Å². The number of piperidine rings is 1. The molecule has 1 N–H and O–H groups in total. The van der Waals surface area contributed by atoms with Gasteiger partial charge in [0.05, 0.1) is 6.10 Å². The molecule has 1 heterocycles. The molecule has 96 valence electrons. The van der Waals surface area contributed by atoms with Crippen LogP contribution in [0, 0.1) is 5.92 Å². The van der Waals surface area contributed by atoms with Gasteiger partial charge in [0, 0.05) is 6.54 Å². The van der Waals surface area contributed by atoms with E-state index < -0.39 is 0 Å². The Balaban J connectivity index is 1.74. The van der Waals surface area contributed by atoms with Crippen molar-refractivity contribution in [2.24, 2.45) is 5.92 Å². The number of hydrogen-bond donors (Lipinski definition) is 1. The minimum absolute atomic E-state index is 0.149. The molecule has 1 fully saturated rings. The molecule has 2 rings (SSSR count). The van der Waals surface area contributed by atoms with Crippen LogP contribution in [-0.4, -0.2) is 43.6 Å². The van der Waals surface area contributed by atoms with E-state index in [2.05, 4.69) is 17.0 Å². The van der Waals surface area contributed by atoms with Gasteiger partial charge in [0.2, 0.25) is 0 Å². The highest BCUT2D eigenvalue weighted by atomic mass is 16.3. The predicted octanol–water partition coefficient (Wildman–Crippen LogP) is 1.12. The van der Waals surface area contributed by atoms with Gasteiger partial charge in [-0.3, -0.25) is 0 Å². The lowest BCUT2D eigenvalue weighted by atomic mass is 9.92. The highest BCUT2D eigenvalue weighted by molar-refractivity contribution is 6.32. The first-order valence-corrected chi connectivity index (χ1v) is 6.90. The van der Waals surface area contributed by atoms with Gasteiger partial charge in [0.1, 0.15) is 7.85 Å². The molecule has 0 aromatic heterocycles. The van der Waals surface area contributed by atoms with E-state index in [4.69, 9.17) is 7.85 Å². The summed E-state index contributed by atoms with van der Waals surface area (Å²) in [6.07, 6.45) is 3.18. The Kier molecular flexibility index (Phi) is 4.84. The summed E-state index contributed by atoms with van der Waals surface area (Å²) in [5.41, 5.74) is 2.18. The minimum Gasteiger partial charge on any atom is -0.393 e. The average Bonchev–Trinajstić information content (AvgIpc) is 2.38. The molecule has 0 aliphatic carbocycles. The van der Waals surface area contributed by atoms with E-state index in [1.807, 2.05) is 19.1 Å². The van der Waals surface area contributed by atoms with Crippen LogP contribution in [0.25, 0.3) is 0 Å². The zero-order chi connectivity index (χ0) is 13.0. The van der Waals surface area contributed by atoms with Crippen LogP contribution in [0.1, 0.15) is 25.3 Å². The van der Waals surface area contributed by atoms with Gasteiger partial charge in [0.15, 0.2) is 0 Å². The first-order chi connectivity index (χ1) is 8.65. The second-order valence-corrected chi connectivity index (χ2v) is 5.41. The average molecular weight is 243 g/mol. The third-order valence-corrected chi connectivity index (χ3v) is 4.01. The molecule has 1 aliphatic rings. The monoisotopic (exact) mass is 243 g/mol. The fraction of sp³-hybridized carbons (Fsp3) is 0.600. The van der Waals surface area contributed by atoms with E-state index in [1.165, 1.54) is 5.56 Å². The van der Waals surface area contributed by atoms with Crippen LogP contribution < -0.4 is 5.46 Å². The van der Waals surface area contributed by atoms with Gasteiger partial charge in [0.25, 0.3) is 0 Å². The molecule has 18 heavy (non-hydrogen) atoms. The van der Waals surface area contributed by atoms with Gasteiger partial charge >= 0.3 is 0 Å². The number of benzene rings is 1. The Hall–Kier alpha value is -0.795. The molecule has 0 spiro atoms. The number of nitrogens with zero attached hydrogens (tertiary/aromatic N) is 1. The predicted molar refractivity (Wildman–Crippen MR) is 76.4 cm³/mol. The molecule has 1 aliphatic heterocycles. The Bertz CT molecular complexity index is 355. The van der Waals surface area contributed by atoms with Crippen molar-refractivity contribution in [2.45, 2.75) is 32.3 Å². The maximum atomic E-state index is 9.57. The van der Waals surface area contributed by atoms with Crippen LogP contribution in [0.3, 0.4) is 0 Å². The molecule has 1 aromatic carbocycles. The van der Waals surface area contributed by atoms with Crippen LogP contribution in [0.2, 0.25) is 0 Å². The summed E-state index contributed by atoms with van der Waals surface area (Å²) in [5.74, 6) is 0.498. The zero-order valence-electron chi connectivity index (χ0n) is 11.2. The summed E-state index contributed by atoms with van der Waals surface area (Å²) in [7, 11) is 5.68. The zero-order valence-corrected chi connectivity index (χ0v) is 11.2. The van der Waals surface area contributed by atoms with Crippen molar-refractivity contribution in [3.63, 3.8) is 0 Å². The van der Waals surface area contributed by atoms with Gasteiger partial charge in [-0.05, 0) is 50.8 Å². The van der Waals surface area contributed by atoms with Crippen LogP contribution >= 0.6 is 0 Å². The molecule has 2 nitrogen and oxygen atoms in total. The minimum atomic E-state index is -0.149. The second-order valence-electron chi connectivity index (χ2n) is 5.41. The van der Waals surface area contributed by atoms with Crippen LogP contribution in [-0.2, 0) is 6.42 Å². The summed E-state index contributed by atoms with van der Waals surface area (Å²) >= 11 is 0. The van der Waals surface area contributed by atoms with Crippen molar-refractivity contribution in [1.29, 1.82) is 0 Å². The fourth-order valence-electron chi connectivity index (χ4n) is 2.63. The lowest BCUT2D eigenvalue weighted by molar-refractivity contribution is 0.0723. The lowest BCUT2D eigenvalue weighted by Crippen LogP contribution is -2.38. The number of likely N-dealkylation sites (tertiary alicyclic amines) is 1. The van der Waals surface area contributed by atoms with E-state index >= 15 is 0 Å². The molecule has 3 heteroatoms. The third kappa shape index (κ3) is 3.86. The topological polar surface area (TPSA) is 23.5 Å². The quantitative estimate of drug-likeness (QED) is 0.801. The summed E-state index contributed by atoms with van der Waals surface area (Å²) in [6.45, 7) is 5.25. The van der Waals surface area contributed by atoms with Gasteiger partial charge < -0.3 is 10.0 Å². The van der Waals surface area contributed by atoms with Crippen molar-refractivity contribution in [1.82, 2.24) is 4.90 Å². The molecule has 1 unspecified atom stereocenters. The largest absolute Gasteiger partial charge is 0.393 e. The highest BCUT2D eigenvalue weighted by Crippen LogP contribution is 2.20. The fourth-order valence-corrected chi connectivity index (χ4v) is 2.63. The molecule has 0 amide bonds. The molecule has 2 radical (unpaired) electrons. The number of aliphatic hydroxyl groups is 1. The van der Waals surface area contributed by atoms with Crippen molar-refractivity contribution in [2.75, 3.05) is 19.6 Å². The van der Waals surface area contributed by atoms with Gasteiger partial charge in [-0.1, -0.05) is 29.7 Å². The maximum absolute atomic E-state index is 9.57. The summed E-state index contributed by atoms with van der Waals surface area (Å²) < 4.78 is 0. The van der Waals surface area contributed by atoms with Crippen molar-refractivity contribution in [3.8, 4) is 0 Å². The maximum Gasteiger partial charge on any atom is 0.113 e. The lowest BCUT2D eigenvalue weighted by Gasteiger charge is -2.33. The number of aliphatic hydroxyl groups excluding tert-OH is 1. The third-order valence-electron chi connectivity index (χ3n) is 4.01. The SMILES string of the molecule is [B]c1ccc(CCN2CCC(C(C)O)CC2)cc1. The molecule has 1 aromatic rings. The van der Waals surface area contributed by atoms with Crippen molar-refractivity contribution in [3.05, 3.63) is 29.8 Å². The van der Waals surface area contributed by atoms with E-state index in [9.17, 15) is 5.11 Å². The van der Waals surface area contributed by atoms with E-state index in [-0.39, 0.29) is 6.10 Å². The summed E-state index contributed by atoms with van der Waals surface area (Å²) in [6, 6.07) is 8.15. The molecule has 1 saturated heterocycles. The molecular weight excluding hydrogens is 221 g/mol. The Labute approximate surface area is 111 Å². The normalized spacial score (nSPS) is 19.9. The molecule has 1 atom stereocenters. The first kappa shape index (κ1) is 13.6. The second kappa shape index (κ2) is 6.39. The van der Waals surface area contributed by atoms with Crippen LogP contribution in [0.5, 0.6) is 0 Å². The van der Waals surface area contributed by atoms with Crippen LogP contribution in [0.15, 0.2) is 24.3 Å². The Morgan fingerprint density at radius 1 is 1.28 bits per heavy atom. The standard InChI is InChI=1S/C15H22BNO/c1-12(18)14-7-10-17(11-8-14)9-6-13-2-4-15(16)5-3-13/h2-5,12,14,18H,6-11H2,1H3. The molecular formula is C15H22BNO. The highest BCUT2D eigenvalue weighted by Gasteiger charge is 2.22. The van der Waals surface area contributed by atoms with Crippen molar-refractivity contribution < 1.29 is 5.11 Å². The number of rotatable bonds is 4.